The zero-order valence-electron chi connectivity index (χ0n) is 12.7. The van der Waals surface area contributed by atoms with Gasteiger partial charge in [0.1, 0.15) is 17.5 Å². The van der Waals surface area contributed by atoms with Gasteiger partial charge < -0.3 is 10.6 Å². The molecule has 0 saturated carbocycles. The van der Waals surface area contributed by atoms with Crippen molar-refractivity contribution in [2.24, 2.45) is 0 Å². The van der Waals surface area contributed by atoms with Crippen LogP contribution in [0.5, 0.6) is 0 Å². The average Bonchev–Trinajstić information content (AvgIpc) is 2.88. The van der Waals surface area contributed by atoms with E-state index in [0.29, 0.717) is 0 Å². The molecule has 0 atom stereocenters. The Morgan fingerprint density at radius 2 is 1.95 bits per heavy atom. The number of halogens is 1. The first-order valence-electron chi connectivity index (χ1n) is 7.17. The minimum atomic E-state index is 0.875. The zero-order chi connectivity index (χ0) is 15.2. The summed E-state index contributed by atoms with van der Waals surface area (Å²) in [6, 6.07) is 4.25. The van der Waals surface area contributed by atoms with E-state index in [1.165, 1.54) is 8.66 Å². The normalized spacial score (nSPS) is 10.7. The molecule has 21 heavy (non-hydrogen) atoms. The third kappa shape index (κ3) is 4.41. The number of rotatable bonds is 7. The number of anilines is 2. The highest BCUT2D eigenvalue weighted by Crippen LogP contribution is 2.23. The lowest BCUT2D eigenvalue weighted by Gasteiger charge is -2.13. The molecule has 0 aliphatic carbocycles. The van der Waals surface area contributed by atoms with Crippen LogP contribution in [0.3, 0.4) is 0 Å². The zero-order valence-corrected chi connectivity index (χ0v) is 15.1. The van der Waals surface area contributed by atoms with Crippen molar-refractivity contribution in [1.29, 1.82) is 0 Å². The molecule has 0 unspecified atom stereocenters. The van der Waals surface area contributed by atoms with Crippen molar-refractivity contribution in [3.05, 3.63) is 32.2 Å². The smallest absolute Gasteiger partial charge is 0.134 e. The molecule has 0 fully saturated rings. The number of nitrogens with zero attached hydrogens (tertiary/aromatic N) is 2. The minimum absolute atomic E-state index is 0.875. The molecule has 0 bridgehead atoms. The molecule has 0 saturated heterocycles. The highest BCUT2D eigenvalue weighted by molar-refractivity contribution is 9.11. The summed E-state index contributed by atoms with van der Waals surface area (Å²) >= 11 is 5.27. The van der Waals surface area contributed by atoms with Gasteiger partial charge in [0.25, 0.3) is 0 Å². The molecule has 2 aromatic heterocycles. The fourth-order valence-electron chi connectivity index (χ4n) is 2.10. The van der Waals surface area contributed by atoms with E-state index in [2.05, 4.69) is 55.6 Å². The van der Waals surface area contributed by atoms with Crippen LogP contribution >= 0.6 is 27.3 Å². The van der Waals surface area contributed by atoms with E-state index >= 15 is 0 Å². The van der Waals surface area contributed by atoms with E-state index < -0.39 is 0 Å². The number of thiophene rings is 1. The standard InChI is InChI=1S/C15H21BrN4S/c1-4-5-13-19-14(17-3)10(2)15(20-13)18-9-8-11-6-7-12(16)21-11/h6-7H,4-5,8-9H2,1-3H3,(H2,17,18,19,20). The minimum Gasteiger partial charge on any atom is -0.373 e. The van der Waals surface area contributed by atoms with E-state index in [9.17, 15) is 0 Å². The van der Waals surface area contributed by atoms with E-state index in [4.69, 9.17) is 0 Å². The maximum atomic E-state index is 4.64. The van der Waals surface area contributed by atoms with Crippen molar-refractivity contribution in [3.8, 4) is 0 Å². The van der Waals surface area contributed by atoms with E-state index in [-0.39, 0.29) is 0 Å². The van der Waals surface area contributed by atoms with E-state index in [1.807, 2.05) is 14.0 Å². The molecule has 2 heterocycles. The van der Waals surface area contributed by atoms with Gasteiger partial charge in [0.05, 0.1) is 3.79 Å². The van der Waals surface area contributed by atoms with Gasteiger partial charge in [-0.25, -0.2) is 9.97 Å². The SMILES string of the molecule is CCCc1nc(NC)c(C)c(NCCc2ccc(Br)s2)n1. The van der Waals surface area contributed by atoms with Crippen LogP contribution in [0.15, 0.2) is 15.9 Å². The van der Waals surface area contributed by atoms with Crippen LogP contribution in [0.2, 0.25) is 0 Å². The Kier molecular flexibility index (Phi) is 5.99. The largest absolute Gasteiger partial charge is 0.373 e. The molecule has 114 valence electrons. The quantitative estimate of drug-likeness (QED) is 0.766. The van der Waals surface area contributed by atoms with Gasteiger partial charge in [-0.1, -0.05) is 6.92 Å². The molecule has 0 spiro atoms. The second kappa shape index (κ2) is 7.75. The van der Waals surface area contributed by atoms with Crippen molar-refractivity contribution < 1.29 is 0 Å². The van der Waals surface area contributed by atoms with Crippen molar-refractivity contribution in [1.82, 2.24) is 9.97 Å². The van der Waals surface area contributed by atoms with Crippen molar-refractivity contribution in [3.63, 3.8) is 0 Å². The molecule has 0 amide bonds. The van der Waals surface area contributed by atoms with Gasteiger partial charge in [0, 0.05) is 30.5 Å². The van der Waals surface area contributed by atoms with Crippen molar-refractivity contribution >= 4 is 38.9 Å². The summed E-state index contributed by atoms with van der Waals surface area (Å²) in [6.45, 7) is 5.06. The fraction of sp³-hybridized carbons (Fsp3) is 0.467. The van der Waals surface area contributed by atoms with Crippen LogP contribution < -0.4 is 10.6 Å². The maximum Gasteiger partial charge on any atom is 0.134 e. The third-order valence-electron chi connectivity index (χ3n) is 3.20. The Labute approximate surface area is 138 Å². The van der Waals surface area contributed by atoms with Crippen LogP contribution in [-0.2, 0) is 12.8 Å². The molecule has 0 aliphatic rings. The molecule has 2 aromatic rings. The summed E-state index contributed by atoms with van der Waals surface area (Å²) < 4.78 is 1.18. The molecule has 4 nitrogen and oxygen atoms in total. The fourth-order valence-corrected chi connectivity index (χ4v) is 3.59. The first-order chi connectivity index (χ1) is 10.1. The topological polar surface area (TPSA) is 49.8 Å². The number of hydrogen-bond donors (Lipinski definition) is 2. The van der Waals surface area contributed by atoms with E-state index in [0.717, 1.165) is 48.8 Å². The highest BCUT2D eigenvalue weighted by atomic mass is 79.9. The van der Waals surface area contributed by atoms with Crippen LogP contribution in [-0.4, -0.2) is 23.6 Å². The predicted octanol–water partition coefficient (Wildman–Crippen LogP) is 4.26. The van der Waals surface area contributed by atoms with Crippen LogP contribution in [0.1, 0.15) is 29.6 Å². The highest BCUT2D eigenvalue weighted by Gasteiger charge is 2.09. The first-order valence-corrected chi connectivity index (χ1v) is 8.78. The third-order valence-corrected chi connectivity index (χ3v) is 4.88. The molecule has 2 rings (SSSR count). The lowest BCUT2D eigenvalue weighted by atomic mass is 10.2. The molecular formula is C15H21BrN4S. The summed E-state index contributed by atoms with van der Waals surface area (Å²) in [5.74, 6) is 2.75. The Hall–Kier alpha value is -1.14. The molecule has 0 radical (unpaired) electrons. The van der Waals surface area contributed by atoms with Crippen LogP contribution in [0.25, 0.3) is 0 Å². The number of aryl methyl sites for hydroxylation is 1. The average molecular weight is 369 g/mol. The van der Waals surface area contributed by atoms with Gasteiger partial charge in [0.2, 0.25) is 0 Å². The molecule has 6 heteroatoms. The van der Waals surface area contributed by atoms with Gasteiger partial charge >= 0.3 is 0 Å². The summed E-state index contributed by atoms with van der Waals surface area (Å²) in [7, 11) is 1.90. The van der Waals surface area contributed by atoms with Gasteiger partial charge in [-0.2, -0.15) is 0 Å². The van der Waals surface area contributed by atoms with Gasteiger partial charge in [-0.15, -0.1) is 11.3 Å². The summed E-state index contributed by atoms with van der Waals surface area (Å²) in [6.07, 6.45) is 2.95. The second-order valence-corrected chi connectivity index (χ2v) is 7.39. The Bertz CT molecular complexity index is 597. The molecule has 0 aliphatic heterocycles. The van der Waals surface area contributed by atoms with Crippen LogP contribution in [0, 0.1) is 6.92 Å². The molecular weight excluding hydrogens is 348 g/mol. The van der Waals surface area contributed by atoms with Crippen molar-refractivity contribution in [2.45, 2.75) is 33.1 Å². The second-order valence-electron chi connectivity index (χ2n) is 4.84. The number of nitrogens with one attached hydrogen (secondary N) is 2. The predicted molar refractivity (Wildman–Crippen MR) is 94.5 cm³/mol. The first kappa shape index (κ1) is 16.2. The summed E-state index contributed by atoms with van der Waals surface area (Å²) in [5, 5.41) is 6.60. The maximum absolute atomic E-state index is 4.64. The molecule has 2 N–H and O–H groups in total. The van der Waals surface area contributed by atoms with Crippen molar-refractivity contribution in [2.75, 3.05) is 24.2 Å². The Morgan fingerprint density at radius 3 is 2.57 bits per heavy atom. The van der Waals surface area contributed by atoms with Gasteiger partial charge in [-0.05, 0) is 47.8 Å². The van der Waals surface area contributed by atoms with Crippen LogP contribution in [0.4, 0.5) is 11.6 Å². The van der Waals surface area contributed by atoms with Gasteiger partial charge in [0.15, 0.2) is 0 Å². The summed E-state index contributed by atoms with van der Waals surface area (Å²) in [4.78, 5) is 10.5. The monoisotopic (exact) mass is 368 g/mol. The lowest BCUT2D eigenvalue weighted by Crippen LogP contribution is -2.11. The Morgan fingerprint density at radius 1 is 1.19 bits per heavy atom. The Balaban J connectivity index is 2.05. The number of aromatic nitrogens is 2. The lowest BCUT2D eigenvalue weighted by molar-refractivity contribution is 0.831. The molecule has 0 aromatic carbocycles. The summed E-state index contributed by atoms with van der Waals surface area (Å²) in [5.41, 5.74) is 1.07. The number of hydrogen-bond acceptors (Lipinski definition) is 5. The van der Waals surface area contributed by atoms with Gasteiger partial charge in [-0.3, -0.25) is 0 Å². The van der Waals surface area contributed by atoms with E-state index in [1.54, 1.807) is 11.3 Å².